The van der Waals surface area contributed by atoms with Gasteiger partial charge in [0.2, 0.25) is 0 Å². The Morgan fingerprint density at radius 3 is 2.63 bits per heavy atom. The van der Waals surface area contributed by atoms with Gasteiger partial charge in [0.15, 0.2) is 0 Å². The maximum Gasteiger partial charge on any atom is 0.319 e. The van der Waals surface area contributed by atoms with Gasteiger partial charge >= 0.3 is 5.97 Å². The van der Waals surface area contributed by atoms with Crippen LogP contribution in [0.1, 0.15) is 0 Å². The fraction of sp³-hybridized carbons (Fsp3) is 0.500. The highest BCUT2D eigenvalue weighted by Gasteiger charge is 2.21. The number of pyridine rings is 1. The molecule has 0 aromatic carbocycles. The molecule has 1 saturated heterocycles. The molecule has 5 nitrogen and oxygen atoms in total. The Hall–Kier alpha value is -1.04. The molecule has 1 aromatic rings. The monoisotopic (exact) mass is 303 g/mol. The van der Waals surface area contributed by atoms with Crippen molar-refractivity contribution in [2.75, 3.05) is 44.7 Å². The van der Waals surface area contributed by atoms with Crippen molar-refractivity contribution >= 4 is 35.0 Å². The molecule has 0 spiro atoms. The number of carbonyl (C=O) groups is 1. The number of halogens is 2. The minimum Gasteiger partial charge on any atom is -0.468 e. The number of rotatable bonds is 3. The van der Waals surface area contributed by atoms with E-state index in [0.717, 1.165) is 32.0 Å². The average Bonchev–Trinajstić information content (AvgIpc) is 2.40. The maximum absolute atomic E-state index is 11.2. The standard InChI is InChI=1S/C12H15Cl2N3O2/c1-19-11(18)8-16-2-4-17(5-3-16)12-10(14)6-9(13)7-15-12/h6-7H,2-5,8H2,1H3. The van der Waals surface area contributed by atoms with Crippen molar-refractivity contribution < 1.29 is 9.53 Å². The SMILES string of the molecule is COC(=O)CN1CCN(c2ncc(Cl)cc2Cl)CC1. The summed E-state index contributed by atoms with van der Waals surface area (Å²) in [7, 11) is 1.40. The summed E-state index contributed by atoms with van der Waals surface area (Å²) in [5, 5.41) is 1.08. The Bertz CT molecular complexity index is 462. The van der Waals surface area contributed by atoms with Crippen LogP contribution in [-0.4, -0.2) is 55.7 Å². The van der Waals surface area contributed by atoms with Crippen LogP contribution >= 0.6 is 23.2 Å². The summed E-state index contributed by atoms with van der Waals surface area (Å²) in [5.41, 5.74) is 0. The number of methoxy groups -OCH3 is 1. The van der Waals surface area contributed by atoms with Crippen molar-refractivity contribution in [2.45, 2.75) is 0 Å². The number of piperazine rings is 1. The molecule has 1 fully saturated rings. The average molecular weight is 304 g/mol. The first kappa shape index (κ1) is 14.4. The van der Waals surface area contributed by atoms with Gasteiger partial charge in [-0.25, -0.2) is 4.98 Å². The molecular formula is C12H15Cl2N3O2. The Kier molecular flexibility index (Phi) is 4.85. The van der Waals surface area contributed by atoms with Gasteiger partial charge in [-0.15, -0.1) is 0 Å². The third-order valence-corrected chi connectivity index (χ3v) is 3.53. The molecule has 7 heteroatoms. The van der Waals surface area contributed by atoms with E-state index in [4.69, 9.17) is 23.2 Å². The molecule has 0 radical (unpaired) electrons. The number of carbonyl (C=O) groups excluding carboxylic acids is 1. The Morgan fingerprint density at radius 2 is 2.05 bits per heavy atom. The Morgan fingerprint density at radius 1 is 1.37 bits per heavy atom. The van der Waals surface area contributed by atoms with Crippen LogP contribution in [0.15, 0.2) is 12.3 Å². The smallest absolute Gasteiger partial charge is 0.319 e. The van der Waals surface area contributed by atoms with Crippen molar-refractivity contribution in [1.29, 1.82) is 0 Å². The Labute approximate surface area is 122 Å². The number of anilines is 1. The van der Waals surface area contributed by atoms with Gasteiger partial charge in [0.25, 0.3) is 0 Å². The summed E-state index contributed by atoms with van der Waals surface area (Å²) >= 11 is 12.0. The number of hydrogen-bond acceptors (Lipinski definition) is 5. The van der Waals surface area contributed by atoms with Crippen molar-refractivity contribution in [2.24, 2.45) is 0 Å². The lowest BCUT2D eigenvalue weighted by Crippen LogP contribution is -2.48. The minimum atomic E-state index is -0.212. The van der Waals surface area contributed by atoms with E-state index in [-0.39, 0.29) is 5.97 Å². The lowest BCUT2D eigenvalue weighted by atomic mass is 10.3. The van der Waals surface area contributed by atoms with Gasteiger partial charge < -0.3 is 9.64 Å². The van der Waals surface area contributed by atoms with E-state index in [1.165, 1.54) is 7.11 Å². The third kappa shape index (κ3) is 3.72. The largest absolute Gasteiger partial charge is 0.468 e. The van der Waals surface area contributed by atoms with Gasteiger partial charge in [-0.3, -0.25) is 9.69 Å². The molecule has 19 heavy (non-hydrogen) atoms. The number of ether oxygens (including phenoxy) is 1. The second kappa shape index (κ2) is 6.41. The second-order valence-electron chi connectivity index (χ2n) is 4.30. The molecule has 0 atom stereocenters. The normalized spacial score (nSPS) is 16.5. The zero-order valence-electron chi connectivity index (χ0n) is 10.6. The lowest BCUT2D eigenvalue weighted by Gasteiger charge is -2.35. The van der Waals surface area contributed by atoms with Gasteiger partial charge in [0.1, 0.15) is 5.82 Å². The van der Waals surface area contributed by atoms with Crippen LogP contribution in [0.25, 0.3) is 0 Å². The van der Waals surface area contributed by atoms with Gasteiger partial charge in [0.05, 0.1) is 23.7 Å². The molecule has 0 N–H and O–H groups in total. The zero-order chi connectivity index (χ0) is 13.8. The maximum atomic E-state index is 11.2. The van der Waals surface area contributed by atoms with Crippen molar-refractivity contribution in [3.8, 4) is 0 Å². The van der Waals surface area contributed by atoms with E-state index in [2.05, 4.69) is 14.6 Å². The first-order chi connectivity index (χ1) is 9.10. The van der Waals surface area contributed by atoms with Crippen LogP contribution in [0.3, 0.4) is 0 Å². The molecule has 1 aromatic heterocycles. The lowest BCUT2D eigenvalue weighted by molar-refractivity contribution is -0.142. The fourth-order valence-corrected chi connectivity index (χ4v) is 2.50. The summed E-state index contributed by atoms with van der Waals surface area (Å²) in [5.74, 6) is 0.528. The summed E-state index contributed by atoms with van der Waals surface area (Å²) in [6.07, 6.45) is 1.59. The highest BCUT2D eigenvalue weighted by Crippen LogP contribution is 2.26. The minimum absolute atomic E-state index is 0.212. The van der Waals surface area contributed by atoms with Gasteiger partial charge in [-0.1, -0.05) is 23.2 Å². The topological polar surface area (TPSA) is 45.7 Å². The number of esters is 1. The summed E-state index contributed by atoms with van der Waals surface area (Å²) in [6.45, 7) is 3.41. The predicted molar refractivity (Wildman–Crippen MR) is 74.9 cm³/mol. The number of nitrogens with zero attached hydrogens (tertiary/aromatic N) is 3. The van der Waals surface area contributed by atoms with Gasteiger partial charge in [-0.05, 0) is 6.07 Å². The second-order valence-corrected chi connectivity index (χ2v) is 5.14. The summed E-state index contributed by atoms with van der Waals surface area (Å²) in [4.78, 5) is 19.6. The van der Waals surface area contributed by atoms with Gasteiger partial charge in [0, 0.05) is 32.4 Å². The summed E-state index contributed by atoms with van der Waals surface area (Å²) < 4.78 is 4.65. The van der Waals surface area contributed by atoms with Crippen LogP contribution in [0, 0.1) is 0 Å². The summed E-state index contributed by atoms with van der Waals surface area (Å²) in [6, 6.07) is 1.69. The van der Waals surface area contributed by atoms with E-state index in [1.54, 1.807) is 12.3 Å². The van der Waals surface area contributed by atoms with Crippen molar-refractivity contribution in [1.82, 2.24) is 9.88 Å². The molecule has 0 aliphatic carbocycles. The molecule has 1 aliphatic heterocycles. The van der Waals surface area contributed by atoms with E-state index in [9.17, 15) is 4.79 Å². The molecule has 0 amide bonds. The van der Waals surface area contributed by atoms with Crippen LogP contribution in [0.2, 0.25) is 10.0 Å². The van der Waals surface area contributed by atoms with Crippen LogP contribution < -0.4 is 4.90 Å². The number of aromatic nitrogens is 1. The molecule has 2 heterocycles. The quantitative estimate of drug-likeness (QED) is 0.795. The van der Waals surface area contributed by atoms with Crippen LogP contribution in [-0.2, 0) is 9.53 Å². The van der Waals surface area contributed by atoms with E-state index < -0.39 is 0 Å². The molecule has 2 rings (SSSR count). The predicted octanol–water partition coefficient (Wildman–Crippen LogP) is 1.68. The fourth-order valence-electron chi connectivity index (χ4n) is 2.00. The van der Waals surface area contributed by atoms with E-state index in [0.29, 0.717) is 16.6 Å². The molecule has 0 saturated carbocycles. The molecule has 1 aliphatic rings. The van der Waals surface area contributed by atoms with Gasteiger partial charge in [-0.2, -0.15) is 0 Å². The highest BCUT2D eigenvalue weighted by atomic mass is 35.5. The molecule has 0 unspecified atom stereocenters. The van der Waals surface area contributed by atoms with Crippen LogP contribution in [0.4, 0.5) is 5.82 Å². The zero-order valence-corrected chi connectivity index (χ0v) is 12.1. The molecule has 0 bridgehead atoms. The Balaban J connectivity index is 1.94. The third-order valence-electron chi connectivity index (χ3n) is 3.04. The molecule has 104 valence electrons. The first-order valence-corrected chi connectivity index (χ1v) is 6.71. The first-order valence-electron chi connectivity index (χ1n) is 5.95. The van der Waals surface area contributed by atoms with E-state index >= 15 is 0 Å². The van der Waals surface area contributed by atoms with Crippen molar-refractivity contribution in [3.63, 3.8) is 0 Å². The molecular weight excluding hydrogens is 289 g/mol. The van der Waals surface area contributed by atoms with Crippen molar-refractivity contribution in [3.05, 3.63) is 22.3 Å². The van der Waals surface area contributed by atoms with Crippen LogP contribution in [0.5, 0.6) is 0 Å². The number of hydrogen-bond donors (Lipinski definition) is 0. The van der Waals surface area contributed by atoms with E-state index in [1.807, 2.05) is 4.90 Å². The highest BCUT2D eigenvalue weighted by molar-refractivity contribution is 6.36.